The summed E-state index contributed by atoms with van der Waals surface area (Å²) in [5.41, 5.74) is 1.16. The van der Waals surface area contributed by atoms with Crippen LogP contribution in [0.25, 0.3) is 0 Å². The smallest absolute Gasteiger partial charge is 0.410 e. The number of nitrogens with zero attached hydrogens (tertiary/aromatic N) is 1. The Bertz CT molecular complexity index is 776. The molecule has 0 bridgehead atoms. The normalized spacial score (nSPS) is 26.2. The highest BCUT2D eigenvalue weighted by Gasteiger charge is 2.45. The predicted molar refractivity (Wildman–Crippen MR) is 131 cm³/mol. The largest absolute Gasteiger partial charge is 0.447 e. The number of piperidine rings is 1. The molecule has 6 heteroatoms. The molecule has 0 radical (unpaired) electrons. The molecule has 1 aromatic carbocycles. The summed E-state index contributed by atoms with van der Waals surface area (Å²) in [6.07, 6.45) is 15.2. The number of cyclic esters (lactones) is 1. The van der Waals surface area contributed by atoms with Crippen LogP contribution in [-0.4, -0.2) is 54.8 Å². The second kappa shape index (κ2) is 12.7. The number of ether oxygens (including phenoxy) is 4. The first-order valence-electron chi connectivity index (χ1n) is 13.3. The minimum absolute atomic E-state index is 0.0128. The lowest BCUT2D eigenvalue weighted by atomic mass is 9.93. The Morgan fingerprint density at radius 2 is 1.82 bits per heavy atom. The Hall–Kier alpha value is -1.89. The molecule has 6 nitrogen and oxygen atoms in total. The van der Waals surface area contributed by atoms with Gasteiger partial charge in [-0.15, -0.1) is 0 Å². The summed E-state index contributed by atoms with van der Waals surface area (Å²) >= 11 is 0. The van der Waals surface area contributed by atoms with E-state index in [1.807, 2.05) is 23.1 Å². The summed E-state index contributed by atoms with van der Waals surface area (Å²) in [5.74, 6) is -0.303. The van der Waals surface area contributed by atoms with E-state index in [2.05, 4.69) is 31.2 Å². The molecule has 188 valence electrons. The van der Waals surface area contributed by atoms with E-state index in [9.17, 15) is 4.79 Å². The Kier molecular flexibility index (Phi) is 9.42. The second-order valence-electron chi connectivity index (χ2n) is 9.73. The highest BCUT2D eigenvalue weighted by molar-refractivity contribution is 5.71. The van der Waals surface area contributed by atoms with Gasteiger partial charge in [-0.3, -0.25) is 4.90 Å². The molecule has 0 spiro atoms. The highest BCUT2D eigenvalue weighted by atomic mass is 16.7. The monoisotopic (exact) mass is 471 g/mol. The van der Waals surface area contributed by atoms with Crippen LogP contribution in [-0.2, 0) is 25.6 Å². The summed E-state index contributed by atoms with van der Waals surface area (Å²) in [7, 11) is 0. The van der Waals surface area contributed by atoms with Gasteiger partial charge in [-0.25, -0.2) is 4.79 Å². The molecule has 0 aliphatic carbocycles. The zero-order valence-corrected chi connectivity index (χ0v) is 20.7. The van der Waals surface area contributed by atoms with E-state index < -0.39 is 0 Å². The van der Waals surface area contributed by atoms with Crippen LogP contribution >= 0.6 is 0 Å². The fourth-order valence-electron chi connectivity index (χ4n) is 5.40. The van der Waals surface area contributed by atoms with Crippen LogP contribution in [0.15, 0.2) is 42.5 Å². The first kappa shape index (κ1) is 25.2. The first-order valence-corrected chi connectivity index (χ1v) is 13.3. The maximum Gasteiger partial charge on any atom is 0.410 e. The van der Waals surface area contributed by atoms with Crippen molar-refractivity contribution in [3.8, 4) is 0 Å². The summed E-state index contributed by atoms with van der Waals surface area (Å²) in [4.78, 5) is 14.3. The number of rotatable bonds is 13. The molecular formula is C28H41NO5. The Balaban J connectivity index is 1.13. The molecule has 3 saturated heterocycles. The molecule has 3 aliphatic heterocycles. The fourth-order valence-corrected chi connectivity index (χ4v) is 5.40. The lowest BCUT2D eigenvalue weighted by molar-refractivity contribution is -0.164. The Morgan fingerprint density at radius 1 is 1.06 bits per heavy atom. The van der Waals surface area contributed by atoms with Gasteiger partial charge < -0.3 is 18.9 Å². The topological polar surface area (TPSA) is 57.2 Å². The van der Waals surface area contributed by atoms with Gasteiger partial charge >= 0.3 is 6.09 Å². The van der Waals surface area contributed by atoms with Crippen LogP contribution in [0.4, 0.5) is 4.79 Å². The van der Waals surface area contributed by atoms with Crippen LogP contribution in [0.5, 0.6) is 0 Å². The molecule has 0 aromatic heterocycles. The van der Waals surface area contributed by atoms with E-state index in [1.165, 1.54) is 25.7 Å². The number of hydrogen-bond donors (Lipinski definition) is 0. The van der Waals surface area contributed by atoms with Crippen LogP contribution in [0.2, 0.25) is 0 Å². The van der Waals surface area contributed by atoms with E-state index in [0.717, 1.165) is 57.3 Å². The fraction of sp³-hybridized carbons (Fsp3) is 0.679. The van der Waals surface area contributed by atoms with Crippen molar-refractivity contribution in [2.24, 2.45) is 0 Å². The number of unbranched alkanes of at least 4 members (excludes halogenated alkanes) is 5. The molecule has 3 fully saturated rings. The molecule has 34 heavy (non-hydrogen) atoms. The third-order valence-electron chi connectivity index (χ3n) is 7.42. The third-order valence-corrected chi connectivity index (χ3v) is 7.42. The van der Waals surface area contributed by atoms with E-state index >= 15 is 0 Å². The average Bonchev–Trinajstić information content (AvgIpc) is 3.51. The molecule has 4 rings (SSSR count). The molecule has 1 aromatic rings. The number of carbonyl (C=O) groups is 1. The van der Waals surface area contributed by atoms with Crippen molar-refractivity contribution in [3.63, 3.8) is 0 Å². The molecule has 0 unspecified atom stereocenters. The minimum Gasteiger partial charge on any atom is -0.447 e. The molecule has 3 aliphatic rings. The number of benzene rings is 1. The van der Waals surface area contributed by atoms with E-state index in [1.54, 1.807) is 0 Å². The van der Waals surface area contributed by atoms with Crippen LogP contribution < -0.4 is 0 Å². The summed E-state index contributed by atoms with van der Waals surface area (Å²) < 4.78 is 23.2. The van der Waals surface area contributed by atoms with Crippen molar-refractivity contribution in [3.05, 3.63) is 48.0 Å². The molecule has 3 atom stereocenters. The zero-order valence-electron chi connectivity index (χ0n) is 20.7. The number of carbonyl (C=O) groups excluding carboxylic acids is 1. The van der Waals surface area contributed by atoms with Gasteiger partial charge in [-0.2, -0.15) is 0 Å². The molecule has 1 amide bonds. The van der Waals surface area contributed by atoms with E-state index in [0.29, 0.717) is 13.2 Å². The third kappa shape index (κ3) is 6.61. The lowest BCUT2D eigenvalue weighted by Gasteiger charge is -2.39. The van der Waals surface area contributed by atoms with Gasteiger partial charge in [0.05, 0.1) is 38.0 Å². The molecule has 3 heterocycles. The molecule has 0 N–H and O–H groups in total. The van der Waals surface area contributed by atoms with Gasteiger partial charge in [0.25, 0.3) is 0 Å². The van der Waals surface area contributed by atoms with Gasteiger partial charge in [0.2, 0.25) is 0 Å². The van der Waals surface area contributed by atoms with Crippen molar-refractivity contribution in [1.29, 1.82) is 0 Å². The SMILES string of the molecule is CCC1(CCCCCCC/C=C\[C@@H]2CC[C@H](OCc3ccccc3)[C@H]3COC(=O)N23)OCCO1. The molecular weight excluding hydrogens is 430 g/mol. The predicted octanol–water partition coefficient (Wildman–Crippen LogP) is 6.00. The summed E-state index contributed by atoms with van der Waals surface area (Å²) in [5, 5.41) is 0. The van der Waals surface area contributed by atoms with Gasteiger partial charge in [-0.05, 0) is 44.1 Å². The van der Waals surface area contributed by atoms with Gasteiger partial charge in [0.15, 0.2) is 5.79 Å². The van der Waals surface area contributed by atoms with Crippen molar-refractivity contribution < 1.29 is 23.7 Å². The van der Waals surface area contributed by atoms with Crippen molar-refractivity contribution in [1.82, 2.24) is 4.90 Å². The molecule has 0 saturated carbocycles. The van der Waals surface area contributed by atoms with Crippen molar-refractivity contribution in [2.75, 3.05) is 19.8 Å². The highest BCUT2D eigenvalue weighted by Crippen LogP contribution is 2.32. The second-order valence-corrected chi connectivity index (χ2v) is 9.73. The Labute approximate surface area is 204 Å². The van der Waals surface area contributed by atoms with Crippen molar-refractivity contribution in [2.45, 2.75) is 102 Å². The quantitative estimate of drug-likeness (QED) is 0.261. The van der Waals surface area contributed by atoms with Gasteiger partial charge in [0, 0.05) is 6.42 Å². The number of hydrogen-bond acceptors (Lipinski definition) is 5. The van der Waals surface area contributed by atoms with Crippen LogP contribution in [0, 0.1) is 0 Å². The Morgan fingerprint density at radius 3 is 2.62 bits per heavy atom. The van der Waals surface area contributed by atoms with E-state index in [4.69, 9.17) is 18.9 Å². The lowest BCUT2D eigenvalue weighted by Crippen LogP contribution is -2.52. The zero-order chi connectivity index (χ0) is 23.6. The summed E-state index contributed by atoms with van der Waals surface area (Å²) in [6.45, 7) is 4.62. The van der Waals surface area contributed by atoms with E-state index in [-0.39, 0.29) is 30.1 Å². The van der Waals surface area contributed by atoms with Crippen LogP contribution in [0.3, 0.4) is 0 Å². The maximum absolute atomic E-state index is 12.4. The first-order chi connectivity index (χ1) is 16.7. The number of amides is 1. The number of fused-ring (bicyclic) bond motifs is 1. The maximum atomic E-state index is 12.4. The van der Waals surface area contributed by atoms with Crippen molar-refractivity contribution >= 4 is 6.09 Å². The van der Waals surface area contributed by atoms with Crippen LogP contribution in [0.1, 0.15) is 76.7 Å². The van der Waals surface area contributed by atoms with Gasteiger partial charge in [0.1, 0.15) is 6.61 Å². The minimum atomic E-state index is -0.303. The standard InChI is InChI=1S/C28H41NO5/c1-2-28(33-19-20-34-28)18-12-7-5-3-4-6-11-15-24-16-17-26(25-22-32-27(30)29(24)25)31-21-23-13-9-8-10-14-23/h8-11,13-15,24-26H,2-7,12,16-22H2,1H3/b15-11-/t24-,25-,26+/m1/s1. The summed E-state index contributed by atoms with van der Waals surface area (Å²) in [6, 6.07) is 10.3. The average molecular weight is 472 g/mol. The number of allylic oxidation sites excluding steroid dienone is 1. The van der Waals surface area contributed by atoms with Gasteiger partial charge in [-0.1, -0.05) is 68.7 Å².